The van der Waals surface area contributed by atoms with Gasteiger partial charge in [0.2, 0.25) is 0 Å². The lowest BCUT2D eigenvalue weighted by molar-refractivity contribution is 0.309. The molecule has 0 spiro atoms. The maximum atomic E-state index is 5.65. The third-order valence-corrected chi connectivity index (χ3v) is 2.89. The van der Waals surface area contributed by atoms with Crippen LogP contribution < -0.4 is 10.1 Å². The molecule has 19 heavy (non-hydrogen) atoms. The van der Waals surface area contributed by atoms with Crippen LogP contribution in [-0.2, 0) is 0 Å². The summed E-state index contributed by atoms with van der Waals surface area (Å²) >= 11 is 0. The maximum absolute atomic E-state index is 5.65. The van der Waals surface area contributed by atoms with Gasteiger partial charge in [0.1, 0.15) is 5.75 Å². The van der Waals surface area contributed by atoms with E-state index in [1.165, 1.54) is 24.0 Å². The highest BCUT2D eigenvalue weighted by molar-refractivity contribution is 5.53. The quantitative estimate of drug-likeness (QED) is 0.670. The fraction of sp³-hybridized carbons (Fsp3) is 0.529. The molecule has 2 nitrogen and oxygen atoms in total. The first kappa shape index (κ1) is 15.8. The molecule has 0 radical (unpaired) electrons. The van der Waals surface area contributed by atoms with Gasteiger partial charge < -0.3 is 10.1 Å². The summed E-state index contributed by atoms with van der Waals surface area (Å²) in [6.07, 6.45) is 5.68. The molecule has 0 aromatic heterocycles. The number of ether oxygens (including phenoxy) is 1. The van der Waals surface area contributed by atoms with E-state index in [2.05, 4.69) is 44.3 Å². The Hall–Kier alpha value is -1.28. The second kappa shape index (κ2) is 9.62. The van der Waals surface area contributed by atoms with Crippen molar-refractivity contribution in [1.29, 1.82) is 0 Å². The molecule has 1 N–H and O–H groups in total. The van der Waals surface area contributed by atoms with Crippen LogP contribution in [0.3, 0.4) is 0 Å². The Morgan fingerprint density at radius 3 is 2.53 bits per heavy atom. The zero-order valence-electron chi connectivity index (χ0n) is 12.5. The van der Waals surface area contributed by atoms with Gasteiger partial charge in [0, 0.05) is 6.54 Å². The molecule has 0 bridgehead atoms. The smallest absolute Gasteiger partial charge is 0.119 e. The van der Waals surface area contributed by atoms with E-state index in [-0.39, 0.29) is 0 Å². The lowest BCUT2D eigenvalue weighted by Crippen LogP contribution is -2.16. The Morgan fingerprint density at radius 1 is 1.16 bits per heavy atom. The monoisotopic (exact) mass is 261 g/mol. The summed E-state index contributed by atoms with van der Waals surface area (Å²) in [5, 5.41) is 3.41. The molecule has 1 aromatic carbocycles. The average Bonchev–Trinajstić information content (AvgIpc) is 2.41. The van der Waals surface area contributed by atoms with Crippen molar-refractivity contribution in [3.63, 3.8) is 0 Å². The molecule has 0 atom stereocenters. The van der Waals surface area contributed by atoms with E-state index in [1.807, 2.05) is 12.1 Å². The molecule has 106 valence electrons. The van der Waals surface area contributed by atoms with E-state index in [9.17, 15) is 0 Å². The van der Waals surface area contributed by atoms with Gasteiger partial charge in [0.05, 0.1) is 6.61 Å². The van der Waals surface area contributed by atoms with Gasteiger partial charge in [0.25, 0.3) is 0 Å². The average molecular weight is 261 g/mol. The summed E-state index contributed by atoms with van der Waals surface area (Å²) in [5.41, 5.74) is 2.59. The highest BCUT2D eigenvalue weighted by atomic mass is 16.5. The van der Waals surface area contributed by atoms with Gasteiger partial charge in [-0.15, -0.1) is 0 Å². The molecule has 0 aliphatic carbocycles. The Balaban J connectivity index is 2.44. The van der Waals surface area contributed by atoms with Gasteiger partial charge in [-0.25, -0.2) is 0 Å². The van der Waals surface area contributed by atoms with Crippen molar-refractivity contribution in [3.8, 4) is 5.75 Å². The minimum atomic E-state index is 0.811. The van der Waals surface area contributed by atoms with Gasteiger partial charge in [-0.05, 0) is 44.0 Å². The Kier molecular flexibility index (Phi) is 7.99. The second-order valence-corrected chi connectivity index (χ2v) is 4.94. The van der Waals surface area contributed by atoms with Crippen LogP contribution in [0.4, 0.5) is 0 Å². The fourth-order valence-electron chi connectivity index (χ4n) is 1.79. The highest BCUT2D eigenvalue weighted by Crippen LogP contribution is 2.14. The summed E-state index contributed by atoms with van der Waals surface area (Å²) in [6, 6.07) is 8.33. The molecule has 0 amide bonds. The number of unbranched alkanes of at least 4 members (excludes halogenated alkanes) is 1. The largest absolute Gasteiger partial charge is 0.494 e. The molecular formula is C17H27NO. The molecule has 0 saturated carbocycles. The predicted molar refractivity (Wildman–Crippen MR) is 83.7 cm³/mol. The van der Waals surface area contributed by atoms with Gasteiger partial charge in [-0.1, -0.05) is 44.1 Å². The predicted octanol–water partition coefficient (Wildman–Crippen LogP) is 4.27. The van der Waals surface area contributed by atoms with Crippen LogP contribution in [0.15, 0.2) is 29.8 Å². The first-order chi connectivity index (χ1) is 9.26. The summed E-state index contributed by atoms with van der Waals surface area (Å²) in [6.45, 7) is 9.37. The zero-order chi connectivity index (χ0) is 13.9. The summed E-state index contributed by atoms with van der Waals surface area (Å²) in [4.78, 5) is 0. The van der Waals surface area contributed by atoms with E-state index in [0.29, 0.717) is 0 Å². The van der Waals surface area contributed by atoms with Crippen molar-refractivity contribution in [2.45, 2.75) is 40.0 Å². The van der Waals surface area contributed by atoms with Crippen LogP contribution >= 0.6 is 0 Å². The molecule has 1 rings (SSSR count). The molecule has 0 fully saturated rings. The van der Waals surface area contributed by atoms with Crippen molar-refractivity contribution in [1.82, 2.24) is 5.32 Å². The normalized spacial score (nSPS) is 11.6. The number of benzene rings is 1. The minimum absolute atomic E-state index is 0.811. The second-order valence-electron chi connectivity index (χ2n) is 4.94. The molecule has 0 saturated heterocycles. The number of hydrogen-bond donors (Lipinski definition) is 1. The van der Waals surface area contributed by atoms with Crippen LogP contribution in [-0.4, -0.2) is 19.7 Å². The van der Waals surface area contributed by atoms with E-state index in [0.717, 1.165) is 31.9 Å². The van der Waals surface area contributed by atoms with Crippen LogP contribution in [0.25, 0.3) is 6.08 Å². The SMILES string of the molecule is CCCCOc1ccc(C=C(C)CNCCC)cc1. The van der Waals surface area contributed by atoms with Crippen molar-refractivity contribution in [2.24, 2.45) is 0 Å². The van der Waals surface area contributed by atoms with E-state index in [1.54, 1.807) is 0 Å². The molecule has 0 aliphatic heterocycles. The van der Waals surface area contributed by atoms with Crippen molar-refractivity contribution < 1.29 is 4.74 Å². The van der Waals surface area contributed by atoms with Crippen molar-refractivity contribution in [3.05, 3.63) is 35.4 Å². The van der Waals surface area contributed by atoms with Crippen LogP contribution in [0.5, 0.6) is 5.75 Å². The number of nitrogens with one attached hydrogen (secondary N) is 1. The van der Waals surface area contributed by atoms with Crippen LogP contribution in [0, 0.1) is 0 Å². The first-order valence-corrected chi connectivity index (χ1v) is 7.37. The Bertz CT molecular complexity index is 367. The van der Waals surface area contributed by atoms with E-state index in [4.69, 9.17) is 4.74 Å². The standard InChI is InChI=1S/C17H27NO/c1-4-6-12-19-17-9-7-16(8-10-17)13-15(3)14-18-11-5-2/h7-10,13,18H,4-6,11-12,14H2,1-3H3. The summed E-state index contributed by atoms with van der Waals surface area (Å²) in [5.74, 6) is 0.965. The van der Waals surface area contributed by atoms with Crippen LogP contribution in [0.2, 0.25) is 0 Å². The summed E-state index contributed by atoms with van der Waals surface area (Å²) < 4.78 is 5.65. The molecular weight excluding hydrogens is 234 g/mol. The van der Waals surface area contributed by atoms with Crippen LogP contribution in [0.1, 0.15) is 45.6 Å². The highest BCUT2D eigenvalue weighted by Gasteiger charge is 1.95. The van der Waals surface area contributed by atoms with Crippen molar-refractivity contribution >= 4 is 6.08 Å². The van der Waals surface area contributed by atoms with E-state index < -0.39 is 0 Å². The summed E-state index contributed by atoms with van der Waals surface area (Å²) in [7, 11) is 0. The maximum Gasteiger partial charge on any atom is 0.119 e. The number of rotatable bonds is 9. The third kappa shape index (κ3) is 7.02. The van der Waals surface area contributed by atoms with Gasteiger partial charge in [0.15, 0.2) is 0 Å². The van der Waals surface area contributed by atoms with Gasteiger partial charge in [-0.2, -0.15) is 0 Å². The van der Waals surface area contributed by atoms with E-state index >= 15 is 0 Å². The zero-order valence-corrected chi connectivity index (χ0v) is 12.5. The van der Waals surface area contributed by atoms with Gasteiger partial charge >= 0.3 is 0 Å². The Morgan fingerprint density at radius 2 is 1.89 bits per heavy atom. The molecule has 2 heteroatoms. The first-order valence-electron chi connectivity index (χ1n) is 7.37. The molecule has 0 unspecified atom stereocenters. The lowest BCUT2D eigenvalue weighted by atomic mass is 10.1. The third-order valence-electron chi connectivity index (χ3n) is 2.89. The minimum Gasteiger partial charge on any atom is -0.494 e. The molecule has 1 aromatic rings. The topological polar surface area (TPSA) is 21.3 Å². The molecule has 0 heterocycles. The Labute approximate surface area is 117 Å². The molecule has 0 aliphatic rings. The number of hydrogen-bond acceptors (Lipinski definition) is 2. The lowest BCUT2D eigenvalue weighted by Gasteiger charge is -2.06. The fourth-order valence-corrected chi connectivity index (χ4v) is 1.79. The van der Waals surface area contributed by atoms with Gasteiger partial charge in [-0.3, -0.25) is 0 Å². The van der Waals surface area contributed by atoms with Crippen molar-refractivity contribution in [2.75, 3.05) is 19.7 Å².